The fourth-order valence-electron chi connectivity index (χ4n) is 2.51. The number of para-hydroxylation sites is 1. The predicted octanol–water partition coefficient (Wildman–Crippen LogP) is 5.42. The lowest BCUT2D eigenvalue weighted by Crippen LogP contribution is -2.61. The molecule has 0 aliphatic rings. The molecule has 1 atom stereocenters. The topological polar surface area (TPSA) is 23.5 Å². The molecule has 1 N–H and O–H groups in total. The maximum Gasteiger partial charge on any atom is 0.460 e. The molecule has 0 amide bonds. The molecule has 11 heteroatoms. The number of rotatable bonds is 8. The van der Waals surface area contributed by atoms with Crippen LogP contribution < -0.4 is 4.90 Å². The van der Waals surface area contributed by atoms with Crippen molar-refractivity contribution in [3.63, 3.8) is 0 Å². The first kappa shape index (κ1) is 23.4. The lowest BCUT2D eigenvalue weighted by molar-refractivity contribution is -0.398. The molecule has 156 valence electrons. The molecular formula is C16H18F9NO. The molecule has 1 unspecified atom stereocenters. The molecule has 1 rings (SSSR count). The molecule has 0 saturated carbocycles. The van der Waals surface area contributed by atoms with Gasteiger partial charge in [-0.05, 0) is 19.9 Å². The first-order valence-electron chi connectivity index (χ1n) is 7.86. The van der Waals surface area contributed by atoms with Crippen LogP contribution in [0.2, 0.25) is 0 Å². The maximum absolute atomic E-state index is 13.8. The summed E-state index contributed by atoms with van der Waals surface area (Å²) in [5.41, 5.74) is -0.108. The van der Waals surface area contributed by atoms with Crippen LogP contribution in [0.1, 0.15) is 31.9 Å². The number of halogens is 9. The van der Waals surface area contributed by atoms with Crippen LogP contribution in [0.25, 0.3) is 0 Å². The first-order valence-corrected chi connectivity index (χ1v) is 7.86. The third-order valence-corrected chi connectivity index (χ3v) is 4.06. The van der Waals surface area contributed by atoms with E-state index in [2.05, 4.69) is 0 Å². The van der Waals surface area contributed by atoms with E-state index >= 15 is 0 Å². The fraction of sp³-hybridized carbons (Fsp3) is 0.625. The predicted molar refractivity (Wildman–Crippen MR) is 80.5 cm³/mol. The molecule has 0 aliphatic carbocycles. The molecule has 27 heavy (non-hydrogen) atoms. The highest BCUT2D eigenvalue weighted by Gasteiger charge is 2.81. The van der Waals surface area contributed by atoms with Gasteiger partial charge in [0, 0.05) is 30.8 Å². The number of alkyl halides is 9. The quantitative estimate of drug-likeness (QED) is 0.577. The van der Waals surface area contributed by atoms with Gasteiger partial charge in [-0.15, -0.1) is 0 Å². The third-order valence-electron chi connectivity index (χ3n) is 4.06. The average Bonchev–Trinajstić information content (AvgIpc) is 2.54. The summed E-state index contributed by atoms with van der Waals surface area (Å²) >= 11 is 0. The van der Waals surface area contributed by atoms with E-state index in [1.807, 2.05) is 0 Å². The second-order valence-electron chi connectivity index (χ2n) is 5.80. The van der Waals surface area contributed by atoms with Crippen LogP contribution in [-0.2, 0) is 0 Å². The van der Waals surface area contributed by atoms with E-state index in [4.69, 9.17) is 0 Å². The van der Waals surface area contributed by atoms with Gasteiger partial charge in [0.1, 0.15) is 0 Å². The van der Waals surface area contributed by atoms with Crippen molar-refractivity contribution < 1.29 is 44.6 Å². The number of aliphatic hydroxyl groups is 1. The lowest BCUT2D eigenvalue weighted by Gasteiger charge is -2.35. The van der Waals surface area contributed by atoms with Crippen molar-refractivity contribution in [3.8, 4) is 0 Å². The minimum absolute atomic E-state index is 0.177. The van der Waals surface area contributed by atoms with E-state index in [-0.39, 0.29) is 11.3 Å². The fourth-order valence-corrected chi connectivity index (χ4v) is 2.51. The zero-order chi connectivity index (χ0) is 21.3. The summed E-state index contributed by atoms with van der Waals surface area (Å²) in [4.78, 5) is 1.57. The average molecular weight is 411 g/mol. The molecule has 1 aromatic rings. The van der Waals surface area contributed by atoms with Gasteiger partial charge in [-0.1, -0.05) is 18.2 Å². The van der Waals surface area contributed by atoms with Crippen LogP contribution >= 0.6 is 0 Å². The number of anilines is 1. The van der Waals surface area contributed by atoms with Crippen molar-refractivity contribution >= 4 is 5.69 Å². The highest BCUT2D eigenvalue weighted by atomic mass is 19.4. The zero-order valence-electron chi connectivity index (χ0n) is 14.3. The van der Waals surface area contributed by atoms with E-state index < -0.39 is 36.5 Å². The Balaban J connectivity index is 3.24. The molecule has 0 aromatic heterocycles. The molecule has 0 heterocycles. The van der Waals surface area contributed by atoms with Crippen molar-refractivity contribution in [2.24, 2.45) is 0 Å². The van der Waals surface area contributed by atoms with Crippen LogP contribution in [0, 0.1) is 0 Å². The molecular weight excluding hydrogens is 393 g/mol. The van der Waals surface area contributed by atoms with Gasteiger partial charge in [-0.25, -0.2) is 0 Å². The first-order chi connectivity index (χ1) is 12.1. The zero-order valence-corrected chi connectivity index (χ0v) is 14.3. The van der Waals surface area contributed by atoms with E-state index in [1.165, 1.54) is 18.2 Å². The molecule has 1 aromatic carbocycles. The van der Waals surface area contributed by atoms with Crippen molar-refractivity contribution in [3.05, 3.63) is 29.8 Å². The van der Waals surface area contributed by atoms with Crippen LogP contribution in [0.3, 0.4) is 0 Å². The van der Waals surface area contributed by atoms with Crippen molar-refractivity contribution in [1.82, 2.24) is 0 Å². The van der Waals surface area contributed by atoms with Gasteiger partial charge in [-0.3, -0.25) is 0 Å². The summed E-state index contributed by atoms with van der Waals surface area (Å²) in [5.74, 6) is -19.5. The molecule has 2 nitrogen and oxygen atoms in total. The monoisotopic (exact) mass is 411 g/mol. The highest BCUT2D eigenvalue weighted by molar-refractivity contribution is 5.54. The minimum Gasteiger partial charge on any atom is -0.388 e. The summed E-state index contributed by atoms with van der Waals surface area (Å²) in [6.07, 6.45) is -11.6. The number of hydrogen-bond donors (Lipinski definition) is 1. The van der Waals surface area contributed by atoms with Gasteiger partial charge >= 0.3 is 23.9 Å². The van der Waals surface area contributed by atoms with E-state index in [0.29, 0.717) is 13.1 Å². The molecule has 0 spiro atoms. The smallest absolute Gasteiger partial charge is 0.388 e. The van der Waals surface area contributed by atoms with Gasteiger partial charge in [0.15, 0.2) is 0 Å². The number of hydrogen-bond acceptors (Lipinski definition) is 2. The number of nitrogens with zero attached hydrogens (tertiary/aromatic N) is 1. The normalized spacial score (nSPS) is 15.0. The molecule has 0 aliphatic heterocycles. The summed E-state index contributed by atoms with van der Waals surface area (Å²) in [7, 11) is 0. The summed E-state index contributed by atoms with van der Waals surface area (Å²) in [5, 5.41) is 9.94. The number of aliphatic hydroxyl groups excluding tert-OH is 1. The Morgan fingerprint density at radius 3 is 1.78 bits per heavy atom. The third kappa shape index (κ3) is 4.27. The van der Waals surface area contributed by atoms with Gasteiger partial charge < -0.3 is 10.0 Å². The van der Waals surface area contributed by atoms with Gasteiger partial charge in [-0.2, -0.15) is 39.5 Å². The Morgan fingerprint density at radius 2 is 1.33 bits per heavy atom. The Hall–Kier alpha value is -1.65. The summed E-state index contributed by atoms with van der Waals surface area (Å²) < 4.78 is 117. The molecule has 0 radical (unpaired) electrons. The Morgan fingerprint density at radius 1 is 0.852 bits per heavy atom. The van der Waals surface area contributed by atoms with Gasteiger partial charge in [0.25, 0.3) is 0 Å². The van der Waals surface area contributed by atoms with E-state index in [9.17, 15) is 44.6 Å². The van der Waals surface area contributed by atoms with Crippen LogP contribution in [0.5, 0.6) is 0 Å². The summed E-state index contributed by atoms with van der Waals surface area (Å²) in [6, 6.07) is 5.24. The van der Waals surface area contributed by atoms with Crippen LogP contribution in [-0.4, -0.2) is 42.1 Å². The standard InChI is InChI=1S/C16H18F9NO/c1-3-26(4-2)11-8-6-5-7-10(11)12(27)9-13(17,18)14(19,20)15(21,22)16(23,24)25/h5-8,12,27H,3-4,9H2,1-2H3. The largest absolute Gasteiger partial charge is 0.460 e. The van der Waals surface area contributed by atoms with E-state index in [1.54, 1.807) is 18.7 Å². The van der Waals surface area contributed by atoms with Crippen LogP contribution in [0.4, 0.5) is 45.2 Å². The maximum atomic E-state index is 13.8. The minimum atomic E-state index is -6.97. The van der Waals surface area contributed by atoms with Gasteiger partial charge in [0.2, 0.25) is 0 Å². The van der Waals surface area contributed by atoms with Crippen LogP contribution in [0.15, 0.2) is 24.3 Å². The lowest BCUT2D eigenvalue weighted by atomic mass is 9.94. The molecule has 0 fully saturated rings. The Kier molecular flexibility index (Phi) is 6.73. The van der Waals surface area contributed by atoms with Crippen molar-refractivity contribution in [2.45, 2.75) is 50.3 Å². The second-order valence-corrected chi connectivity index (χ2v) is 5.80. The highest BCUT2D eigenvalue weighted by Crippen LogP contribution is 2.55. The summed E-state index contributed by atoms with van der Waals surface area (Å²) in [6.45, 7) is 4.05. The van der Waals surface area contributed by atoms with Crippen molar-refractivity contribution in [2.75, 3.05) is 18.0 Å². The SMILES string of the molecule is CCN(CC)c1ccccc1C(O)CC(F)(F)C(F)(F)C(F)(F)C(F)(F)F. The number of benzene rings is 1. The van der Waals surface area contributed by atoms with E-state index in [0.717, 1.165) is 6.07 Å². The Bertz CT molecular complexity index is 627. The Labute approximate surface area is 149 Å². The molecule has 0 saturated heterocycles. The van der Waals surface area contributed by atoms with Gasteiger partial charge in [0.05, 0.1) is 6.10 Å². The molecule has 0 bridgehead atoms. The van der Waals surface area contributed by atoms with Crippen molar-refractivity contribution in [1.29, 1.82) is 0 Å². The second kappa shape index (κ2) is 7.76.